The molecule has 2 aromatic heterocycles. The van der Waals surface area contributed by atoms with Crippen LogP contribution in [0.3, 0.4) is 0 Å². The Hall–Kier alpha value is -1.78. The molecular weight excluding hydrogens is 262 g/mol. The first-order chi connectivity index (χ1) is 10.3. The number of anilines is 1. The molecule has 0 radical (unpaired) electrons. The number of aromatic nitrogens is 4. The van der Waals surface area contributed by atoms with Crippen molar-refractivity contribution in [2.75, 3.05) is 5.32 Å². The van der Waals surface area contributed by atoms with Crippen LogP contribution in [0.15, 0.2) is 18.5 Å². The second-order valence-electron chi connectivity index (χ2n) is 6.00. The van der Waals surface area contributed by atoms with Crippen LogP contribution in [0.4, 0.5) is 5.69 Å². The molecule has 5 heteroatoms. The molecule has 2 aromatic rings. The summed E-state index contributed by atoms with van der Waals surface area (Å²) < 4.78 is 4.23. The Kier molecular flexibility index (Phi) is 4.27. The van der Waals surface area contributed by atoms with Crippen LogP contribution in [-0.2, 0) is 13.1 Å². The zero-order valence-corrected chi connectivity index (χ0v) is 13.0. The van der Waals surface area contributed by atoms with Gasteiger partial charge in [-0.25, -0.2) is 0 Å². The number of aryl methyl sites for hydroxylation is 2. The Morgan fingerprint density at radius 1 is 1.33 bits per heavy atom. The number of nitrogens with one attached hydrogen (secondary N) is 1. The SMILES string of the molecule is CCCn1nc(C)cc1CNc1cnn(C2CCCC2)c1. The van der Waals surface area contributed by atoms with Crippen LogP contribution in [0, 0.1) is 6.92 Å². The van der Waals surface area contributed by atoms with E-state index in [1.54, 1.807) is 0 Å². The Morgan fingerprint density at radius 2 is 2.14 bits per heavy atom. The van der Waals surface area contributed by atoms with E-state index < -0.39 is 0 Å². The van der Waals surface area contributed by atoms with Crippen LogP contribution in [0.2, 0.25) is 0 Å². The van der Waals surface area contributed by atoms with Crippen molar-refractivity contribution in [1.82, 2.24) is 19.6 Å². The Balaban J connectivity index is 1.62. The summed E-state index contributed by atoms with van der Waals surface area (Å²) in [6.45, 7) is 6.01. The summed E-state index contributed by atoms with van der Waals surface area (Å²) >= 11 is 0. The zero-order valence-electron chi connectivity index (χ0n) is 13.0. The molecule has 0 unspecified atom stereocenters. The Labute approximate surface area is 126 Å². The van der Waals surface area contributed by atoms with Crippen molar-refractivity contribution in [3.63, 3.8) is 0 Å². The molecule has 1 aliphatic rings. The first kappa shape index (κ1) is 14.2. The third kappa shape index (κ3) is 3.28. The lowest BCUT2D eigenvalue weighted by Crippen LogP contribution is -2.09. The number of rotatable bonds is 6. The van der Waals surface area contributed by atoms with E-state index in [9.17, 15) is 0 Å². The molecule has 114 valence electrons. The van der Waals surface area contributed by atoms with E-state index in [0.29, 0.717) is 6.04 Å². The third-order valence-corrected chi connectivity index (χ3v) is 4.19. The van der Waals surface area contributed by atoms with Gasteiger partial charge in [0.2, 0.25) is 0 Å². The van der Waals surface area contributed by atoms with Crippen molar-refractivity contribution in [3.8, 4) is 0 Å². The first-order valence-electron chi connectivity index (χ1n) is 8.07. The van der Waals surface area contributed by atoms with Gasteiger partial charge < -0.3 is 5.32 Å². The highest BCUT2D eigenvalue weighted by Crippen LogP contribution is 2.29. The molecule has 21 heavy (non-hydrogen) atoms. The van der Waals surface area contributed by atoms with E-state index in [-0.39, 0.29) is 0 Å². The summed E-state index contributed by atoms with van der Waals surface area (Å²) in [5, 5.41) is 12.5. The van der Waals surface area contributed by atoms with Gasteiger partial charge in [0.15, 0.2) is 0 Å². The largest absolute Gasteiger partial charge is 0.377 e. The highest BCUT2D eigenvalue weighted by Gasteiger charge is 2.17. The fraction of sp³-hybridized carbons (Fsp3) is 0.625. The van der Waals surface area contributed by atoms with Gasteiger partial charge in [0, 0.05) is 12.7 Å². The monoisotopic (exact) mass is 287 g/mol. The van der Waals surface area contributed by atoms with Crippen LogP contribution in [0.1, 0.15) is 56.5 Å². The molecular formula is C16H25N5. The topological polar surface area (TPSA) is 47.7 Å². The van der Waals surface area contributed by atoms with Gasteiger partial charge in [-0.15, -0.1) is 0 Å². The summed E-state index contributed by atoms with van der Waals surface area (Å²) in [5.41, 5.74) is 3.42. The Morgan fingerprint density at radius 3 is 2.90 bits per heavy atom. The van der Waals surface area contributed by atoms with Gasteiger partial charge in [0.25, 0.3) is 0 Å². The molecule has 0 atom stereocenters. The van der Waals surface area contributed by atoms with Crippen LogP contribution in [-0.4, -0.2) is 19.6 Å². The molecule has 0 aliphatic heterocycles. The minimum atomic E-state index is 0.605. The van der Waals surface area contributed by atoms with E-state index in [2.05, 4.69) is 44.1 Å². The van der Waals surface area contributed by atoms with Crippen molar-refractivity contribution in [1.29, 1.82) is 0 Å². The zero-order chi connectivity index (χ0) is 14.7. The molecule has 0 saturated heterocycles. The smallest absolute Gasteiger partial charge is 0.0729 e. The Bertz CT molecular complexity index is 577. The van der Waals surface area contributed by atoms with Gasteiger partial charge in [-0.2, -0.15) is 10.2 Å². The summed E-state index contributed by atoms with van der Waals surface area (Å²) in [6, 6.07) is 2.76. The maximum atomic E-state index is 4.54. The van der Waals surface area contributed by atoms with Crippen molar-refractivity contribution < 1.29 is 0 Å². The second-order valence-corrected chi connectivity index (χ2v) is 6.00. The maximum Gasteiger partial charge on any atom is 0.0729 e. The van der Waals surface area contributed by atoms with Crippen LogP contribution in [0.25, 0.3) is 0 Å². The predicted octanol–water partition coefficient (Wildman–Crippen LogP) is 3.53. The van der Waals surface area contributed by atoms with Crippen molar-refractivity contribution >= 4 is 5.69 Å². The van der Waals surface area contributed by atoms with Crippen LogP contribution in [0.5, 0.6) is 0 Å². The molecule has 3 rings (SSSR count). The van der Waals surface area contributed by atoms with E-state index in [4.69, 9.17) is 0 Å². The highest BCUT2D eigenvalue weighted by molar-refractivity contribution is 5.38. The fourth-order valence-corrected chi connectivity index (χ4v) is 3.14. The summed E-state index contributed by atoms with van der Waals surface area (Å²) in [7, 11) is 0. The lowest BCUT2D eigenvalue weighted by atomic mass is 10.3. The summed E-state index contributed by atoms with van der Waals surface area (Å²) in [6.07, 6.45) is 10.4. The van der Waals surface area contributed by atoms with Crippen molar-refractivity contribution in [2.24, 2.45) is 0 Å². The van der Waals surface area contributed by atoms with Crippen LogP contribution >= 0.6 is 0 Å². The second kappa shape index (κ2) is 6.33. The van der Waals surface area contributed by atoms with Gasteiger partial charge in [-0.3, -0.25) is 9.36 Å². The lowest BCUT2D eigenvalue weighted by molar-refractivity contribution is 0.467. The van der Waals surface area contributed by atoms with E-state index >= 15 is 0 Å². The van der Waals surface area contributed by atoms with Gasteiger partial charge in [-0.05, 0) is 32.3 Å². The average molecular weight is 287 g/mol. The van der Waals surface area contributed by atoms with Crippen molar-refractivity contribution in [3.05, 3.63) is 29.8 Å². The summed E-state index contributed by atoms with van der Waals surface area (Å²) in [5.74, 6) is 0. The van der Waals surface area contributed by atoms with Crippen LogP contribution < -0.4 is 5.32 Å². The van der Waals surface area contributed by atoms with Gasteiger partial charge in [-0.1, -0.05) is 19.8 Å². The van der Waals surface area contributed by atoms with Gasteiger partial charge in [0.1, 0.15) is 0 Å². The third-order valence-electron chi connectivity index (χ3n) is 4.19. The molecule has 0 amide bonds. The minimum Gasteiger partial charge on any atom is -0.377 e. The minimum absolute atomic E-state index is 0.605. The number of hydrogen-bond acceptors (Lipinski definition) is 3. The van der Waals surface area contributed by atoms with Crippen molar-refractivity contribution in [2.45, 2.75) is 65.1 Å². The maximum absolute atomic E-state index is 4.54. The molecule has 1 aliphatic carbocycles. The van der Waals surface area contributed by atoms with E-state index in [1.165, 1.54) is 31.4 Å². The van der Waals surface area contributed by atoms with E-state index in [1.807, 2.05) is 13.1 Å². The molecule has 1 saturated carbocycles. The summed E-state index contributed by atoms with van der Waals surface area (Å²) in [4.78, 5) is 0. The molecule has 2 heterocycles. The number of nitrogens with zero attached hydrogens (tertiary/aromatic N) is 4. The van der Waals surface area contributed by atoms with Gasteiger partial charge in [0.05, 0.1) is 35.9 Å². The number of hydrogen-bond donors (Lipinski definition) is 1. The molecule has 1 N–H and O–H groups in total. The fourth-order valence-electron chi connectivity index (χ4n) is 3.14. The normalized spacial score (nSPS) is 15.7. The quantitative estimate of drug-likeness (QED) is 0.884. The standard InChI is InChI=1S/C16H25N5/c1-3-8-20-16(9-13(2)19-20)11-17-14-10-18-21(12-14)15-6-4-5-7-15/h9-10,12,15,17H,3-8,11H2,1-2H3. The molecule has 0 spiro atoms. The van der Waals surface area contributed by atoms with E-state index in [0.717, 1.165) is 30.9 Å². The average Bonchev–Trinajstić information content (AvgIpc) is 3.16. The molecule has 0 bridgehead atoms. The molecule has 5 nitrogen and oxygen atoms in total. The highest BCUT2D eigenvalue weighted by atomic mass is 15.3. The molecule has 1 fully saturated rings. The predicted molar refractivity (Wildman–Crippen MR) is 84.3 cm³/mol. The first-order valence-corrected chi connectivity index (χ1v) is 8.07. The van der Waals surface area contributed by atoms with Gasteiger partial charge >= 0.3 is 0 Å². The lowest BCUT2D eigenvalue weighted by Gasteiger charge is -2.09. The molecule has 0 aromatic carbocycles.